The van der Waals surface area contributed by atoms with Crippen LogP contribution in [0.4, 0.5) is 0 Å². The molecule has 2 aromatic rings. The molecule has 0 aliphatic rings. The van der Waals surface area contributed by atoms with Crippen molar-refractivity contribution >= 4 is 34.5 Å². The van der Waals surface area contributed by atoms with Gasteiger partial charge < -0.3 is 19.7 Å². The normalized spacial score (nSPS) is 10.8. The highest BCUT2D eigenvalue weighted by molar-refractivity contribution is 7.99. The highest BCUT2D eigenvalue weighted by atomic mass is 32.2. The molecule has 0 saturated carbocycles. The fourth-order valence-electron chi connectivity index (χ4n) is 2.29. The van der Waals surface area contributed by atoms with E-state index < -0.39 is 5.97 Å². The van der Waals surface area contributed by atoms with Crippen molar-refractivity contribution < 1.29 is 19.4 Å². The van der Waals surface area contributed by atoms with Crippen LogP contribution in [-0.2, 0) is 16.1 Å². The summed E-state index contributed by atoms with van der Waals surface area (Å²) >= 11 is 1.28. The number of hydrogen-bond acceptors (Lipinski definition) is 4. The molecule has 2 rings (SSSR count). The minimum Gasteiger partial charge on any atom is -0.481 e. The Kier molecular flexibility index (Phi) is 6.49. The summed E-state index contributed by atoms with van der Waals surface area (Å²) in [5, 5.41) is 12.3. The first-order valence-corrected chi connectivity index (χ1v) is 8.43. The number of carbonyl (C=O) groups is 2. The Labute approximate surface area is 138 Å². The number of carbonyl (C=O) groups excluding carboxylic acids is 1. The highest BCUT2D eigenvalue weighted by Gasteiger charge is 2.14. The lowest BCUT2D eigenvalue weighted by molar-refractivity contribution is -0.133. The SMILES string of the molecule is COCCn1cc(C(=O)NCCSCC(=O)O)c2ccccc21. The number of thioether (sulfide) groups is 1. The molecule has 2 N–H and O–H groups in total. The van der Waals surface area contributed by atoms with Crippen molar-refractivity contribution in [3.63, 3.8) is 0 Å². The zero-order valence-electron chi connectivity index (χ0n) is 12.9. The summed E-state index contributed by atoms with van der Waals surface area (Å²) in [7, 11) is 1.65. The van der Waals surface area contributed by atoms with Crippen molar-refractivity contribution in [1.29, 1.82) is 0 Å². The molecule has 1 amide bonds. The number of fused-ring (bicyclic) bond motifs is 1. The molecular formula is C16H20N2O4S. The monoisotopic (exact) mass is 336 g/mol. The van der Waals surface area contributed by atoms with Gasteiger partial charge in [-0.05, 0) is 6.07 Å². The molecule has 0 bridgehead atoms. The van der Waals surface area contributed by atoms with Gasteiger partial charge in [-0.2, -0.15) is 0 Å². The number of amides is 1. The summed E-state index contributed by atoms with van der Waals surface area (Å²) in [6, 6.07) is 7.75. The third kappa shape index (κ3) is 4.74. The standard InChI is InChI=1S/C16H20N2O4S/c1-22-8-7-18-10-13(12-4-2-3-5-14(12)18)16(21)17-6-9-23-11-15(19)20/h2-5,10H,6-9,11H2,1H3,(H,17,21)(H,19,20). The van der Waals surface area contributed by atoms with E-state index in [1.165, 1.54) is 11.8 Å². The number of methoxy groups -OCH3 is 1. The van der Waals surface area contributed by atoms with Crippen LogP contribution in [0.15, 0.2) is 30.5 Å². The second-order valence-electron chi connectivity index (χ2n) is 4.95. The molecule has 0 fully saturated rings. The van der Waals surface area contributed by atoms with Crippen LogP contribution in [0.2, 0.25) is 0 Å². The van der Waals surface area contributed by atoms with Crippen LogP contribution in [0.25, 0.3) is 10.9 Å². The second kappa shape index (κ2) is 8.59. The summed E-state index contributed by atoms with van der Waals surface area (Å²) in [6.45, 7) is 1.69. The Balaban J connectivity index is 2.03. The van der Waals surface area contributed by atoms with Gasteiger partial charge in [0.05, 0.1) is 17.9 Å². The number of ether oxygens (including phenoxy) is 1. The van der Waals surface area contributed by atoms with E-state index in [-0.39, 0.29) is 11.7 Å². The van der Waals surface area contributed by atoms with Crippen molar-refractivity contribution in [1.82, 2.24) is 9.88 Å². The van der Waals surface area contributed by atoms with Gasteiger partial charge >= 0.3 is 5.97 Å². The molecule has 0 unspecified atom stereocenters. The van der Waals surface area contributed by atoms with Crippen molar-refractivity contribution in [3.8, 4) is 0 Å². The first-order chi connectivity index (χ1) is 11.1. The van der Waals surface area contributed by atoms with E-state index in [4.69, 9.17) is 9.84 Å². The molecule has 0 saturated heterocycles. The van der Waals surface area contributed by atoms with E-state index in [1.807, 2.05) is 35.0 Å². The Morgan fingerprint density at radius 1 is 1.35 bits per heavy atom. The molecule has 1 heterocycles. The minimum atomic E-state index is -0.845. The van der Waals surface area contributed by atoms with Gasteiger partial charge in [-0.1, -0.05) is 18.2 Å². The summed E-state index contributed by atoms with van der Waals surface area (Å²) in [4.78, 5) is 22.8. The Hall–Kier alpha value is -1.99. The van der Waals surface area contributed by atoms with Crippen LogP contribution in [0, 0.1) is 0 Å². The van der Waals surface area contributed by atoms with Crippen molar-refractivity contribution in [2.75, 3.05) is 31.8 Å². The molecule has 0 aliphatic carbocycles. The van der Waals surface area contributed by atoms with Crippen molar-refractivity contribution in [3.05, 3.63) is 36.0 Å². The summed E-state index contributed by atoms with van der Waals surface area (Å²) in [6.07, 6.45) is 1.84. The maximum Gasteiger partial charge on any atom is 0.313 e. The van der Waals surface area contributed by atoms with Gasteiger partial charge in [-0.25, -0.2) is 0 Å². The van der Waals surface area contributed by atoms with Gasteiger partial charge in [0.1, 0.15) is 0 Å². The first-order valence-electron chi connectivity index (χ1n) is 7.28. The van der Waals surface area contributed by atoms with E-state index >= 15 is 0 Å². The largest absolute Gasteiger partial charge is 0.481 e. The summed E-state index contributed by atoms with van der Waals surface area (Å²) < 4.78 is 7.11. The molecule has 1 aromatic carbocycles. The zero-order valence-corrected chi connectivity index (χ0v) is 13.8. The zero-order chi connectivity index (χ0) is 16.7. The van der Waals surface area contributed by atoms with Gasteiger partial charge in [-0.15, -0.1) is 11.8 Å². The molecular weight excluding hydrogens is 316 g/mol. The fraction of sp³-hybridized carbons (Fsp3) is 0.375. The van der Waals surface area contributed by atoms with E-state index in [2.05, 4.69) is 5.32 Å². The molecule has 124 valence electrons. The number of rotatable bonds is 9. The predicted octanol–water partition coefficient (Wildman–Crippen LogP) is 1.84. The Morgan fingerprint density at radius 2 is 2.13 bits per heavy atom. The third-order valence-electron chi connectivity index (χ3n) is 3.33. The highest BCUT2D eigenvalue weighted by Crippen LogP contribution is 2.21. The molecule has 1 aromatic heterocycles. The molecule has 23 heavy (non-hydrogen) atoms. The lowest BCUT2D eigenvalue weighted by Crippen LogP contribution is -2.25. The quantitative estimate of drug-likeness (QED) is 0.683. The number of para-hydroxylation sites is 1. The van der Waals surface area contributed by atoms with E-state index in [9.17, 15) is 9.59 Å². The summed E-state index contributed by atoms with van der Waals surface area (Å²) in [5.74, 6) is -0.372. The van der Waals surface area contributed by atoms with Crippen LogP contribution < -0.4 is 5.32 Å². The maximum absolute atomic E-state index is 12.4. The summed E-state index contributed by atoms with van der Waals surface area (Å²) in [5.41, 5.74) is 1.62. The van der Waals surface area contributed by atoms with E-state index in [0.29, 0.717) is 31.0 Å². The Bertz CT molecular complexity index is 684. The fourth-order valence-corrected chi connectivity index (χ4v) is 2.86. The lowest BCUT2D eigenvalue weighted by Gasteiger charge is -2.03. The number of nitrogens with zero attached hydrogens (tertiary/aromatic N) is 1. The van der Waals surface area contributed by atoms with Crippen molar-refractivity contribution in [2.24, 2.45) is 0 Å². The lowest BCUT2D eigenvalue weighted by atomic mass is 10.1. The van der Waals surface area contributed by atoms with Gasteiger partial charge in [-0.3, -0.25) is 9.59 Å². The van der Waals surface area contributed by atoms with E-state index in [1.54, 1.807) is 7.11 Å². The van der Waals surface area contributed by atoms with Crippen molar-refractivity contribution in [2.45, 2.75) is 6.54 Å². The van der Waals surface area contributed by atoms with Crippen LogP contribution in [-0.4, -0.2) is 53.3 Å². The number of aromatic nitrogens is 1. The van der Waals surface area contributed by atoms with Gasteiger partial charge in [0.25, 0.3) is 5.91 Å². The number of nitrogens with one attached hydrogen (secondary N) is 1. The first kappa shape index (κ1) is 17.4. The van der Waals surface area contributed by atoms with Crippen LogP contribution in [0.5, 0.6) is 0 Å². The molecule has 7 heteroatoms. The van der Waals surface area contributed by atoms with E-state index in [0.717, 1.165) is 10.9 Å². The Morgan fingerprint density at radius 3 is 2.87 bits per heavy atom. The number of aliphatic carboxylic acids is 1. The molecule has 0 radical (unpaired) electrons. The van der Waals surface area contributed by atoms with Gasteiger partial charge in [0.15, 0.2) is 0 Å². The average molecular weight is 336 g/mol. The number of carboxylic acids is 1. The minimum absolute atomic E-state index is 0.0478. The maximum atomic E-state index is 12.4. The van der Waals surface area contributed by atoms with Gasteiger partial charge in [0.2, 0.25) is 0 Å². The predicted molar refractivity (Wildman–Crippen MR) is 91.1 cm³/mol. The third-order valence-corrected chi connectivity index (χ3v) is 4.27. The topological polar surface area (TPSA) is 80.6 Å². The number of carboxylic acid groups (broad SMARTS) is 1. The number of hydrogen-bond donors (Lipinski definition) is 2. The molecule has 0 spiro atoms. The average Bonchev–Trinajstić information content (AvgIpc) is 2.91. The second-order valence-corrected chi connectivity index (χ2v) is 6.05. The molecule has 0 aliphatic heterocycles. The molecule has 0 atom stereocenters. The van der Waals surface area contributed by atoms with Gasteiger partial charge in [0, 0.05) is 43.1 Å². The van der Waals surface area contributed by atoms with Crippen LogP contribution >= 0.6 is 11.8 Å². The molecule has 6 nitrogen and oxygen atoms in total. The van der Waals surface area contributed by atoms with Crippen LogP contribution in [0.1, 0.15) is 10.4 Å². The van der Waals surface area contributed by atoms with Crippen LogP contribution in [0.3, 0.4) is 0 Å². The smallest absolute Gasteiger partial charge is 0.313 e. The number of benzene rings is 1.